The lowest BCUT2D eigenvalue weighted by Gasteiger charge is -2.27. The van der Waals surface area contributed by atoms with Gasteiger partial charge in [-0.15, -0.1) is 0 Å². The van der Waals surface area contributed by atoms with E-state index in [1.165, 1.54) is 22.5 Å². The van der Waals surface area contributed by atoms with Crippen molar-refractivity contribution in [3.63, 3.8) is 0 Å². The molecule has 0 saturated carbocycles. The van der Waals surface area contributed by atoms with E-state index in [0.29, 0.717) is 25.6 Å². The number of benzene rings is 2. The van der Waals surface area contributed by atoms with E-state index >= 15 is 0 Å². The van der Waals surface area contributed by atoms with Gasteiger partial charge in [0.2, 0.25) is 10.0 Å². The Balaban J connectivity index is 1.94. The molecule has 0 unspecified atom stereocenters. The molecule has 2 aromatic carbocycles. The highest BCUT2D eigenvalue weighted by atomic mass is 32.2. The van der Waals surface area contributed by atoms with Gasteiger partial charge in [-0.05, 0) is 61.6 Å². The molecule has 1 aliphatic rings. The van der Waals surface area contributed by atoms with Gasteiger partial charge >= 0.3 is 0 Å². The summed E-state index contributed by atoms with van der Waals surface area (Å²) in [6.45, 7) is 7.04. The summed E-state index contributed by atoms with van der Waals surface area (Å²) in [5, 5.41) is 0. The lowest BCUT2D eigenvalue weighted by atomic mass is 10.0. The van der Waals surface area contributed by atoms with E-state index in [9.17, 15) is 16.8 Å². The minimum Gasteiger partial charge on any atom is -0.492 e. The van der Waals surface area contributed by atoms with E-state index in [2.05, 4.69) is 4.72 Å². The Hall–Kier alpha value is -2.10. The van der Waals surface area contributed by atoms with Crippen molar-refractivity contribution >= 4 is 25.7 Å². The van der Waals surface area contributed by atoms with Crippen LogP contribution in [0.5, 0.6) is 5.75 Å². The third kappa shape index (κ3) is 5.39. The number of sulfonamides is 2. The highest BCUT2D eigenvalue weighted by Crippen LogP contribution is 2.32. The fourth-order valence-corrected chi connectivity index (χ4v) is 6.26. The molecule has 0 aliphatic carbocycles. The van der Waals surface area contributed by atoms with Gasteiger partial charge in [0, 0.05) is 13.1 Å². The van der Waals surface area contributed by atoms with Gasteiger partial charge in [0.1, 0.15) is 10.6 Å². The Kier molecular flexibility index (Phi) is 7.28. The Labute approximate surface area is 185 Å². The number of nitrogens with zero attached hydrogens (tertiary/aromatic N) is 1. The molecule has 0 amide bonds. The number of hydrogen-bond donors (Lipinski definition) is 1. The van der Waals surface area contributed by atoms with Crippen molar-refractivity contribution in [2.24, 2.45) is 0 Å². The van der Waals surface area contributed by atoms with Gasteiger partial charge in [0.25, 0.3) is 10.0 Å². The molecule has 9 heteroatoms. The molecular formula is C22H30N2O5S2. The average molecular weight is 467 g/mol. The van der Waals surface area contributed by atoms with Crippen molar-refractivity contribution in [1.82, 2.24) is 4.31 Å². The molecule has 0 bridgehead atoms. The molecule has 1 fully saturated rings. The summed E-state index contributed by atoms with van der Waals surface area (Å²) >= 11 is 0. The Morgan fingerprint density at radius 3 is 2.19 bits per heavy atom. The normalized spacial score (nSPS) is 15.7. The van der Waals surface area contributed by atoms with E-state index in [1.807, 2.05) is 13.8 Å². The van der Waals surface area contributed by atoms with Gasteiger partial charge in [-0.3, -0.25) is 4.72 Å². The minimum absolute atomic E-state index is 0.0217. The third-order valence-corrected chi connectivity index (χ3v) is 8.60. The van der Waals surface area contributed by atoms with Gasteiger partial charge in [0.15, 0.2) is 0 Å². The van der Waals surface area contributed by atoms with Crippen LogP contribution in [0.4, 0.5) is 5.69 Å². The summed E-state index contributed by atoms with van der Waals surface area (Å²) in [7, 11) is -7.67. The summed E-state index contributed by atoms with van der Waals surface area (Å²) in [5.74, 6) is 0.510. The molecule has 31 heavy (non-hydrogen) atoms. The lowest BCUT2D eigenvalue weighted by molar-refractivity contribution is 0.323. The zero-order valence-electron chi connectivity index (χ0n) is 18.2. The van der Waals surface area contributed by atoms with E-state index < -0.39 is 20.0 Å². The maximum Gasteiger partial charge on any atom is 0.261 e. The molecule has 1 heterocycles. The summed E-state index contributed by atoms with van der Waals surface area (Å²) in [6.07, 6.45) is 2.61. The van der Waals surface area contributed by atoms with Gasteiger partial charge in [-0.25, -0.2) is 16.8 Å². The fourth-order valence-electron chi connectivity index (χ4n) is 3.54. The maximum atomic E-state index is 13.2. The lowest BCUT2D eigenvalue weighted by Crippen LogP contribution is -2.35. The van der Waals surface area contributed by atoms with Gasteiger partial charge < -0.3 is 4.74 Å². The van der Waals surface area contributed by atoms with Crippen LogP contribution in [0.1, 0.15) is 51.5 Å². The molecule has 170 valence electrons. The second-order valence-corrected chi connectivity index (χ2v) is 11.5. The first-order valence-corrected chi connectivity index (χ1v) is 13.5. The number of piperidine rings is 1. The molecule has 0 spiro atoms. The van der Waals surface area contributed by atoms with Crippen LogP contribution < -0.4 is 9.46 Å². The molecule has 2 aromatic rings. The molecule has 1 saturated heterocycles. The van der Waals surface area contributed by atoms with Crippen molar-refractivity contribution in [3.05, 3.63) is 48.0 Å². The van der Waals surface area contributed by atoms with Crippen molar-refractivity contribution in [1.29, 1.82) is 0 Å². The highest BCUT2D eigenvalue weighted by molar-refractivity contribution is 7.92. The summed E-state index contributed by atoms with van der Waals surface area (Å²) in [4.78, 5) is 0.0952. The first-order chi connectivity index (χ1) is 14.6. The second kappa shape index (κ2) is 9.58. The molecule has 1 N–H and O–H groups in total. The van der Waals surface area contributed by atoms with Crippen LogP contribution in [-0.2, 0) is 20.0 Å². The average Bonchev–Trinajstić information content (AvgIpc) is 2.75. The topological polar surface area (TPSA) is 92.8 Å². The zero-order valence-corrected chi connectivity index (χ0v) is 19.8. The Morgan fingerprint density at radius 1 is 0.968 bits per heavy atom. The number of ether oxygens (including phenoxy) is 1. The minimum atomic E-state index is -3.87. The summed E-state index contributed by atoms with van der Waals surface area (Å²) < 4.78 is 61.7. The smallest absolute Gasteiger partial charge is 0.261 e. The summed E-state index contributed by atoms with van der Waals surface area (Å²) in [5.41, 5.74) is 1.21. The van der Waals surface area contributed by atoms with Crippen LogP contribution >= 0.6 is 0 Å². The monoisotopic (exact) mass is 466 g/mol. The van der Waals surface area contributed by atoms with Crippen molar-refractivity contribution in [3.8, 4) is 5.75 Å². The number of nitrogens with one attached hydrogen (secondary N) is 1. The largest absolute Gasteiger partial charge is 0.492 e. The predicted octanol–water partition coefficient (Wildman–Crippen LogP) is 4.18. The quantitative estimate of drug-likeness (QED) is 0.630. The third-order valence-electron chi connectivity index (χ3n) is 5.29. The molecule has 3 rings (SSSR count). The first-order valence-electron chi connectivity index (χ1n) is 10.5. The molecule has 7 nitrogen and oxygen atoms in total. The van der Waals surface area contributed by atoms with Crippen molar-refractivity contribution in [2.45, 2.75) is 55.7 Å². The summed E-state index contributed by atoms with van der Waals surface area (Å²) in [6, 6.07) is 11.0. The number of anilines is 1. The number of hydrogen-bond acceptors (Lipinski definition) is 5. The maximum absolute atomic E-state index is 13.2. The van der Waals surface area contributed by atoms with Gasteiger partial charge in [0.05, 0.1) is 17.2 Å². The Bertz CT molecular complexity index is 1110. The number of rotatable bonds is 8. The molecule has 0 radical (unpaired) electrons. The van der Waals surface area contributed by atoms with Crippen LogP contribution in [0.25, 0.3) is 0 Å². The van der Waals surface area contributed by atoms with E-state index in [0.717, 1.165) is 24.8 Å². The van der Waals surface area contributed by atoms with Crippen LogP contribution in [-0.4, -0.2) is 40.8 Å². The van der Waals surface area contributed by atoms with Gasteiger partial charge in [-0.1, -0.05) is 32.4 Å². The van der Waals surface area contributed by atoms with Crippen molar-refractivity contribution < 1.29 is 21.6 Å². The second-order valence-electron chi connectivity index (χ2n) is 7.89. The first kappa shape index (κ1) is 23.6. The van der Waals surface area contributed by atoms with E-state index in [4.69, 9.17) is 4.74 Å². The molecule has 0 aromatic heterocycles. The Morgan fingerprint density at radius 2 is 1.61 bits per heavy atom. The van der Waals surface area contributed by atoms with Crippen LogP contribution in [0.15, 0.2) is 52.3 Å². The van der Waals surface area contributed by atoms with Crippen LogP contribution in [0, 0.1) is 0 Å². The van der Waals surface area contributed by atoms with E-state index in [1.54, 1.807) is 31.2 Å². The fraction of sp³-hybridized carbons (Fsp3) is 0.455. The van der Waals surface area contributed by atoms with Gasteiger partial charge in [-0.2, -0.15) is 4.31 Å². The zero-order chi connectivity index (χ0) is 22.6. The van der Waals surface area contributed by atoms with Crippen molar-refractivity contribution in [2.75, 3.05) is 24.4 Å². The van der Waals surface area contributed by atoms with Crippen LogP contribution in [0.3, 0.4) is 0 Å². The van der Waals surface area contributed by atoms with E-state index in [-0.39, 0.29) is 21.2 Å². The molecule has 1 aliphatic heterocycles. The SMILES string of the molecule is CCOc1ccc(NS(=O)(=O)c2ccc(C(C)C)cc2)cc1S(=O)(=O)N1CCCCC1. The predicted molar refractivity (Wildman–Crippen MR) is 122 cm³/mol. The highest BCUT2D eigenvalue weighted by Gasteiger charge is 2.29. The standard InChI is InChI=1S/C22H30N2O5S2/c1-4-29-21-13-10-19(16-22(21)31(27,28)24-14-6-5-7-15-24)23-30(25,26)20-11-8-18(9-12-20)17(2)3/h8-13,16-17,23H,4-7,14-15H2,1-3H3. The molecule has 0 atom stereocenters. The van der Waals surface area contributed by atoms with Crippen LogP contribution in [0.2, 0.25) is 0 Å². The molecular weight excluding hydrogens is 436 g/mol.